The molecule has 1 amide bonds. The lowest BCUT2D eigenvalue weighted by Gasteiger charge is -2.27. The number of hydrogen-bond donors (Lipinski definition) is 2. The molecule has 1 aliphatic rings. The van der Waals surface area contributed by atoms with Gasteiger partial charge in [-0.1, -0.05) is 44.2 Å². The van der Waals surface area contributed by atoms with Crippen molar-refractivity contribution in [1.82, 2.24) is 15.3 Å². The van der Waals surface area contributed by atoms with E-state index in [0.717, 1.165) is 16.9 Å². The molecule has 4 rings (SSSR count). The fraction of sp³-hybridized carbons (Fsp3) is 0.444. The van der Waals surface area contributed by atoms with Gasteiger partial charge in [0.1, 0.15) is 0 Å². The monoisotopic (exact) mass is 494 g/mol. The molecule has 0 radical (unpaired) electrons. The predicted molar refractivity (Wildman–Crippen MR) is 140 cm³/mol. The van der Waals surface area contributed by atoms with Crippen LogP contribution in [0.2, 0.25) is 0 Å². The highest BCUT2D eigenvalue weighted by molar-refractivity contribution is 7.10. The highest BCUT2D eigenvalue weighted by atomic mass is 32.1. The van der Waals surface area contributed by atoms with E-state index < -0.39 is 0 Å². The van der Waals surface area contributed by atoms with Gasteiger partial charge in [0.15, 0.2) is 0 Å². The molecule has 2 aromatic heterocycles. The van der Waals surface area contributed by atoms with Crippen molar-refractivity contribution in [3.8, 4) is 0 Å². The number of nitrogens with zero attached hydrogens (tertiary/aromatic N) is 2. The number of hydrogen-bond acceptors (Lipinski definition) is 6. The highest BCUT2D eigenvalue weighted by Crippen LogP contribution is 2.28. The van der Waals surface area contributed by atoms with Gasteiger partial charge in [0, 0.05) is 35.6 Å². The number of aromatic nitrogens is 2. The van der Waals surface area contributed by atoms with Crippen LogP contribution >= 0.6 is 11.3 Å². The second-order valence-electron chi connectivity index (χ2n) is 9.04. The van der Waals surface area contributed by atoms with Crippen LogP contribution in [0.1, 0.15) is 65.9 Å². The normalized spacial score (nSPS) is 15.6. The van der Waals surface area contributed by atoms with Crippen LogP contribution < -0.4 is 15.8 Å². The zero-order chi connectivity index (χ0) is 24.8. The maximum absolute atomic E-state index is 13.0. The standard InChI is InChI=1S/C27H34N4O3S/c1-4-18(2)20-7-9-21(10-8-20)25(23-6-5-17-35-23)29-24(32)12-11-22-19(3)28-27(30-26(22)33)31-13-15-34-16-14-31/h5-10,17-18,25H,4,11-16H2,1-3H3,(H,29,32)(H,28,30,33). The van der Waals surface area contributed by atoms with Crippen LogP contribution in [0.4, 0.5) is 5.95 Å². The Morgan fingerprint density at radius 3 is 2.54 bits per heavy atom. The molecule has 1 saturated heterocycles. The molecule has 186 valence electrons. The third kappa shape index (κ3) is 6.18. The molecule has 1 aliphatic heterocycles. The molecule has 8 heteroatoms. The van der Waals surface area contributed by atoms with E-state index in [0.29, 0.717) is 55.8 Å². The molecule has 2 atom stereocenters. The molecule has 7 nitrogen and oxygen atoms in total. The van der Waals surface area contributed by atoms with Gasteiger partial charge >= 0.3 is 0 Å². The Labute approximate surface area is 210 Å². The lowest BCUT2D eigenvalue weighted by molar-refractivity contribution is -0.121. The molecule has 3 aromatic rings. The van der Waals surface area contributed by atoms with E-state index in [-0.39, 0.29) is 23.9 Å². The van der Waals surface area contributed by atoms with E-state index in [2.05, 4.69) is 53.4 Å². The third-order valence-electron chi connectivity index (χ3n) is 6.71. The molecule has 1 aromatic carbocycles. The van der Waals surface area contributed by atoms with E-state index in [1.165, 1.54) is 5.56 Å². The van der Waals surface area contributed by atoms with E-state index >= 15 is 0 Å². The van der Waals surface area contributed by atoms with Crippen LogP contribution in [-0.4, -0.2) is 42.2 Å². The summed E-state index contributed by atoms with van der Waals surface area (Å²) < 4.78 is 5.38. The first-order valence-electron chi connectivity index (χ1n) is 12.3. The summed E-state index contributed by atoms with van der Waals surface area (Å²) in [5, 5.41) is 5.21. The van der Waals surface area contributed by atoms with Gasteiger partial charge in [-0.25, -0.2) is 4.98 Å². The number of ether oxygens (including phenoxy) is 1. The Kier molecular flexibility index (Phi) is 8.36. The maximum atomic E-state index is 13.0. The number of aromatic amines is 1. The van der Waals surface area contributed by atoms with Crippen molar-refractivity contribution in [3.63, 3.8) is 0 Å². The van der Waals surface area contributed by atoms with Gasteiger partial charge in [0.05, 0.1) is 19.3 Å². The molecule has 0 saturated carbocycles. The first-order chi connectivity index (χ1) is 17.0. The van der Waals surface area contributed by atoms with Crippen LogP contribution in [-0.2, 0) is 16.0 Å². The SMILES string of the molecule is CCC(C)c1ccc(C(NC(=O)CCc2c(C)nc(N3CCOCC3)[nH]c2=O)c2cccs2)cc1. The summed E-state index contributed by atoms with van der Waals surface area (Å²) >= 11 is 1.62. The summed E-state index contributed by atoms with van der Waals surface area (Å²) in [7, 11) is 0. The largest absolute Gasteiger partial charge is 0.378 e. The quantitative estimate of drug-likeness (QED) is 0.462. The number of amides is 1. The predicted octanol–water partition coefficient (Wildman–Crippen LogP) is 4.33. The minimum absolute atomic E-state index is 0.0922. The first-order valence-corrected chi connectivity index (χ1v) is 13.2. The van der Waals surface area contributed by atoms with Gasteiger partial charge in [-0.3, -0.25) is 14.6 Å². The van der Waals surface area contributed by atoms with E-state index in [1.807, 2.05) is 29.3 Å². The van der Waals surface area contributed by atoms with Crippen molar-refractivity contribution < 1.29 is 9.53 Å². The Bertz CT molecular complexity index is 1170. The van der Waals surface area contributed by atoms with Gasteiger partial charge in [-0.15, -0.1) is 11.3 Å². The average Bonchev–Trinajstić information content (AvgIpc) is 3.41. The molecular formula is C27H34N4O3S. The van der Waals surface area contributed by atoms with Crippen molar-refractivity contribution in [1.29, 1.82) is 0 Å². The number of benzene rings is 1. The van der Waals surface area contributed by atoms with Gasteiger partial charge in [-0.2, -0.15) is 0 Å². The molecule has 0 bridgehead atoms. The number of rotatable bonds is 9. The molecule has 2 N–H and O–H groups in total. The summed E-state index contributed by atoms with van der Waals surface area (Å²) in [5.41, 5.74) is 3.40. The number of carbonyl (C=O) groups is 1. The van der Waals surface area contributed by atoms with E-state index in [9.17, 15) is 9.59 Å². The Balaban J connectivity index is 1.44. The molecule has 35 heavy (non-hydrogen) atoms. The second-order valence-corrected chi connectivity index (χ2v) is 10.0. The lowest BCUT2D eigenvalue weighted by Crippen LogP contribution is -2.38. The topological polar surface area (TPSA) is 87.3 Å². The summed E-state index contributed by atoms with van der Waals surface area (Å²) in [5.74, 6) is 0.983. The zero-order valence-electron chi connectivity index (χ0n) is 20.7. The molecular weight excluding hydrogens is 460 g/mol. The maximum Gasteiger partial charge on any atom is 0.255 e. The van der Waals surface area contributed by atoms with Crippen LogP contribution in [0.15, 0.2) is 46.6 Å². The van der Waals surface area contributed by atoms with Crippen molar-refractivity contribution >= 4 is 23.2 Å². The van der Waals surface area contributed by atoms with Gasteiger partial charge in [0.2, 0.25) is 11.9 Å². The second kappa shape index (κ2) is 11.6. The van der Waals surface area contributed by atoms with Crippen molar-refractivity contribution in [2.24, 2.45) is 0 Å². The Hall–Kier alpha value is -2.97. The zero-order valence-corrected chi connectivity index (χ0v) is 21.5. The van der Waals surface area contributed by atoms with E-state index in [4.69, 9.17) is 4.74 Å². The smallest absolute Gasteiger partial charge is 0.255 e. The number of carbonyl (C=O) groups excluding carboxylic acids is 1. The van der Waals surface area contributed by atoms with Crippen molar-refractivity contribution in [3.05, 3.63) is 79.4 Å². The Morgan fingerprint density at radius 1 is 1.20 bits per heavy atom. The minimum atomic E-state index is -0.213. The van der Waals surface area contributed by atoms with Gasteiger partial charge in [0.25, 0.3) is 5.56 Å². The molecule has 1 fully saturated rings. The summed E-state index contributed by atoms with van der Waals surface area (Å²) in [6.45, 7) is 8.89. The minimum Gasteiger partial charge on any atom is -0.378 e. The van der Waals surface area contributed by atoms with Crippen LogP contribution in [0.5, 0.6) is 0 Å². The fourth-order valence-electron chi connectivity index (χ4n) is 4.31. The number of anilines is 1. The van der Waals surface area contributed by atoms with Gasteiger partial charge in [-0.05, 0) is 48.3 Å². The lowest BCUT2D eigenvalue weighted by atomic mass is 9.95. The number of morpholine rings is 1. The highest BCUT2D eigenvalue weighted by Gasteiger charge is 2.20. The third-order valence-corrected chi connectivity index (χ3v) is 7.64. The number of aryl methyl sites for hydroxylation is 1. The molecule has 0 aliphatic carbocycles. The van der Waals surface area contributed by atoms with E-state index in [1.54, 1.807) is 11.3 Å². The molecule has 3 heterocycles. The summed E-state index contributed by atoms with van der Waals surface area (Å²) in [6, 6.07) is 12.3. The number of H-pyrrole nitrogens is 1. The van der Waals surface area contributed by atoms with Crippen molar-refractivity contribution in [2.75, 3.05) is 31.2 Å². The fourth-order valence-corrected chi connectivity index (χ4v) is 5.12. The Morgan fingerprint density at radius 2 is 1.91 bits per heavy atom. The van der Waals surface area contributed by atoms with Crippen LogP contribution in [0, 0.1) is 6.92 Å². The summed E-state index contributed by atoms with van der Waals surface area (Å²) in [4.78, 5) is 36.4. The molecule has 0 spiro atoms. The van der Waals surface area contributed by atoms with Crippen molar-refractivity contribution in [2.45, 2.75) is 52.0 Å². The van der Waals surface area contributed by atoms with Crippen LogP contribution in [0.3, 0.4) is 0 Å². The first kappa shape index (κ1) is 25.1. The van der Waals surface area contributed by atoms with Crippen LogP contribution in [0.25, 0.3) is 0 Å². The van der Waals surface area contributed by atoms with Gasteiger partial charge < -0.3 is 15.0 Å². The molecule has 2 unspecified atom stereocenters. The summed E-state index contributed by atoms with van der Waals surface area (Å²) in [6.07, 6.45) is 1.65. The number of thiophene rings is 1. The average molecular weight is 495 g/mol. The number of nitrogens with one attached hydrogen (secondary N) is 2.